The minimum Gasteiger partial charge on any atom is -0.386 e. The number of amides is 2. The molecular formula is C14H21N5O3. The Bertz CT molecular complexity index is 524. The molecule has 0 aliphatic carbocycles. The van der Waals surface area contributed by atoms with Gasteiger partial charge in [0.1, 0.15) is 0 Å². The molecule has 120 valence electrons. The topological polar surface area (TPSA) is 107 Å². The van der Waals surface area contributed by atoms with Gasteiger partial charge in [-0.3, -0.25) is 9.59 Å². The zero-order valence-corrected chi connectivity index (χ0v) is 12.6. The third-order valence-electron chi connectivity index (χ3n) is 3.50. The molecule has 22 heavy (non-hydrogen) atoms. The molecule has 2 rings (SSSR count). The highest BCUT2D eigenvalue weighted by Crippen LogP contribution is 2.23. The van der Waals surface area contributed by atoms with E-state index in [4.69, 9.17) is 0 Å². The molecule has 1 saturated heterocycles. The van der Waals surface area contributed by atoms with Crippen LogP contribution in [0.1, 0.15) is 19.8 Å². The van der Waals surface area contributed by atoms with Crippen molar-refractivity contribution < 1.29 is 14.7 Å². The summed E-state index contributed by atoms with van der Waals surface area (Å²) >= 11 is 0. The molecule has 3 N–H and O–H groups in total. The third kappa shape index (κ3) is 4.66. The minimum atomic E-state index is -1.02. The number of nitrogens with zero attached hydrogens (tertiary/aromatic N) is 3. The van der Waals surface area contributed by atoms with Crippen molar-refractivity contribution in [2.75, 3.05) is 31.1 Å². The SMILES string of the molecule is CC(=O)NCC(=O)NCC1(O)CCCN(c2ncccn2)C1. The van der Waals surface area contributed by atoms with Crippen LogP contribution in [0.3, 0.4) is 0 Å². The van der Waals surface area contributed by atoms with E-state index in [9.17, 15) is 14.7 Å². The van der Waals surface area contributed by atoms with Crippen molar-refractivity contribution in [1.29, 1.82) is 0 Å². The number of piperidine rings is 1. The molecule has 0 saturated carbocycles. The fourth-order valence-corrected chi connectivity index (χ4v) is 2.41. The number of rotatable bonds is 5. The molecule has 0 spiro atoms. The summed E-state index contributed by atoms with van der Waals surface area (Å²) in [4.78, 5) is 32.6. The summed E-state index contributed by atoms with van der Waals surface area (Å²) in [6.07, 6.45) is 4.70. The lowest BCUT2D eigenvalue weighted by molar-refractivity contribution is -0.125. The molecule has 1 aliphatic heterocycles. The molecular weight excluding hydrogens is 286 g/mol. The number of aliphatic hydroxyl groups is 1. The maximum absolute atomic E-state index is 11.6. The first-order valence-corrected chi connectivity index (χ1v) is 7.24. The van der Waals surface area contributed by atoms with Crippen molar-refractivity contribution in [2.45, 2.75) is 25.4 Å². The maximum atomic E-state index is 11.6. The van der Waals surface area contributed by atoms with Gasteiger partial charge in [-0.15, -0.1) is 0 Å². The number of carbonyl (C=O) groups is 2. The smallest absolute Gasteiger partial charge is 0.239 e. The molecule has 1 atom stereocenters. The highest BCUT2D eigenvalue weighted by atomic mass is 16.3. The van der Waals surface area contributed by atoms with Crippen molar-refractivity contribution >= 4 is 17.8 Å². The number of aromatic nitrogens is 2. The van der Waals surface area contributed by atoms with Crippen LogP contribution in [-0.2, 0) is 9.59 Å². The van der Waals surface area contributed by atoms with Gasteiger partial charge in [-0.05, 0) is 18.9 Å². The first-order valence-electron chi connectivity index (χ1n) is 7.24. The third-order valence-corrected chi connectivity index (χ3v) is 3.50. The lowest BCUT2D eigenvalue weighted by atomic mass is 9.93. The molecule has 8 nitrogen and oxygen atoms in total. The van der Waals surface area contributed by atoms with Gasteiger partial charge >= 0.3 is 0 Å². The number of β-amino-alcohol motifs (C(OH)–C–C–N with tert-alkyl or cyclic N) is 1. The monoisotopic (exact) mass is 307 g/mol. The second-order valence-corrected chi connectivity index (χ2v) is 5.48. The number of nitrogens with one attached hydrogen (secondary N) is 2. The summed E-state index contributed by atoms with van der Waals surface area (Å²) in [6, 6.07) is 1.74. The first kappa shape index (κ1) is 16.2. The van der Waals surface area contributed by atoms with E-state index in [1.807, 2.05) is 4.90 Å². The average molecular weight is 307 g/mol. The Labute approximate surface area is 128 Å². The van der Waals surface area contributed by atoms with E-state index in [1.54, 1.807) is 18.5 Å². The number of anilines is 1. The molecule has 2 heterocycles. The van der Waals surface area contributed by atoms with Crippen LogP contribution in [0.4, 0.5) is 5.95 Å². The van der Waals surface area contributed by atoms with E-state index < -0.39 is 5.60 Å². The molecule has 0 radical (unpaired) electrons. The predicted molar refractivity (Wildman–Crippen MR) is 80.1 cm³/mol. The van der Waals surface area contributed by atoms with E-state index in [0.29, 0.717) is 18.9 Å². The van der Waals surface area contributed by atoms with Gasteiger partial charge in [-0.2, -0.15) is 0 Å². The van der Waals surface area contributed by atoms with E-state index >= 15 is 0 Å². The second-order valence-electron chi connectivity index (χ2n) is 5.48. The van der Waals surface area contributed by atoms with E-state index in [2.05, 4.69) is 20.6 Å². The maximum Gasteiger partial charge on any atom is 0.239 e. The minimum absolute atomic E-state index is 0.0864. The highest BCUT2D eigenvalue weighted by Gasteiger charge is 2.34. The van der Waals surface area contributed by atoms with E-state index in [-0.39, 0.29) is 24.9 Å². The van der Waals surface area contributed by atoms with Crippen LogP contribution in [0.15, 0.2) is 18.5 Å². The van der Waals surface area contributed by atoms with Gasteiger partial charge in [0.2, 0.25) is 17.8 Å². The first-order chi connectivity index (χ1) is 10.5. The molecule has 8 heteroatoms. The van der Waals surface area contributed by atoms with Crippen LogP contribution in [0.5, 0.6) is 0 Å². The summed E-state index contributed by atoms with van der Waals surface area (Å²) in [5.41, 5.74) is -1.02. The normalized spacial score (nSPS) is 21.3. The summed E-state index contributed by atoms with van der Waals surface area (Å²) in [5.74, 6) is -0.0131. The quantitative estimate of drug-likeness (QED) is 0.648. The Morgan fingerprint density at radius 1 is 1.36 bits per heavy atom. The zero-order valence-electron chi connectivity index (χ0n) is 12.6. The van der Waals surface area contributed by atoms with Crippen molar-refractivity contribution in [3.8, 4) is 0 Å². The molecule has 1 fully saturated rings. The summed E-state index contributed by atoms with van der Waals surface area (Å²) < 4.78 is 0. The van der Waals surface area contributed by atoms with Gasteiger partial charge < -0.3 is 20.6 Å². The van der Waals surface area contributed by atoms with Crippen molar-refractivity contribution in [3.05, 3.63) is 18.5 Å². The van der Waals surface area contributed by atoms with Gasteiger partial charge in [0, 0.05) is 32.4 Å². The Balaban J connectivity index is 1.87. The van der Waals surface area contributed by atoms with Crippen LogP contribution in [0.2, 0.25) is 0 Å². The lowest BCUT2D eigenvalue weighted by Gasteiger charge is -2.39. The van der Waals surface area contributed by atoms with Gasteiger partial charge in [-0.25, -0.2) is 9.97 Å². The lowest BCUT2D eigenvalue weighted by Crippen LogP contribution is -2.55. The van der Waals surface area contributed by atoms with Crippen LogP contribution < -0.4 is 15.5 Å². The van der Waals surface area contributed by atoms with E-state index in [1.165, 1.54) is 6.92 Å². The Kier molecular flexibility index (Phi) is 5.26. The highest BCUT2D eigenvalue weighted by molar-refractivity contribution is 5.83. The molecule has 1 aliphatic rings. The molecule has 0 aromatic carbocycles. The number of hydrogen-bond donors (Lipinski definition) is 3. The van der Waals surface area contributed by atoms with Gasteiger partial charge in [0.05, 0.1) is 18.7 Å². The fraction of sp³-hybridized carbons (Fsp3) is 0.571. The van der Waals surface area contributed by atoms with Gasteiger partial charge in [-0.1, -0.05) is 0 Å². The number of hydrogen-bond acceptors (Lipinski definition) is 6. The van der Waals surface area contributed by atoms with Crippen LogP contribution in [0, 0.1) is 0 Å². The average Bonchev–Trinajstić information content (AvgIpc) is 2.52. The van der Waals surface area contributed by atoms with Gasteiger partial charge in [0.25, 0.3) is 0 Å². The number of carbonyl (C=O) groups excluding carboxylic acids is 2. The molecule has 0 bridgehead atoms. The van der Waals surface area contributed by atoms with Crippen LogP contribution in [0.25, 0.3) is 0 Å². The Hall–Kier alpha value is -2.22. The molecule has 1 aromatic heterocycles. The Morgan fingerprint density at radius 2 is 2.09 bits per heavy atom. The van der Waals surface area contributed by atoms with Crippen LogP contribution in [-0.4, -0.2) is 58.7 Å². The predicted octanol–water partition coefficient (Wildman–Crippen LogP) is -0.940. The molecule has 2 amide bonds. The standard InChI is InChI=1S/C14H21N5O3/c1-11(20)17-8-12(21)18-9-14(22)4-2-7-19(10-14)13-15-5-3-6-16-13/h3,5-6,22H,2,4,7-10H2,1H3,(H,17,20)(H,18,21). The largest absolute Gasteiger partial charge is 0.386 e. The molecule has 1 aromatic rings. The summed E-state index contributed by atoms with van der Waals surface area (Å²) in [7, 11) is 0. The van der Waals surface area contributed by atoms with Crippen molar-refractivity contribution in [2.24, 2.45) is 0 Å². The van der Waals surface area contributed by atoms with Crippen molar-refractivity contribution in [1.82, 2.24) is 20.6 Å². The summed E-state index contributed by atoms with van der Waals surface area (Å²) in [6.45, 7) is 2.52. The fourth-order valence-electron chi connectivity index (χ4n) is 2.41. The Morgan fingerprint density at radius 3 is 2.77 bits per heavy atom. The molecule has 1 unspecified atom stereocenters. The van der Waals surface area contributed by atoms with E-state index in [0.717, 1.165) is 13.0 Å². The van der Waals surface area contributed by atoms with Crippen LogP contribution >= 0.6 is 0 Å². The summed E-state index contributed by atoms with van der Waals surface area (Å²) in [5, 5.41) is 15.7. The van der Waals surface area contributed by atoms with Crippen molar-refractivity contribution in [3.63, 3.8) is 0 Å². The second kappa shape index (κ2) is 7.17. The van der Waals surface area contributed by atoms with Gasteiger partial charge in [0.15, 0.2) is 0 Å². The zero-order chi connectivity index (χ0) is 16.0.